The molecule has 1 aromatic rings. The van der Waals surface area contributed by atoms with E-state index in [1.54, 1.807) is 0 Å². The van der Waals surface area contributed by atoms with E-state index in [2.05, 4.69) is 4.74 Å². The van der Waals surface area contributed by atoms with Crippen molar-refractivity contribution in [1.82, 2.24) is 0 Å². The van der Waals surface area contributed by atoms with Crippen molar-refractivity contribution >= 4 is 17.9 Å². The Morgan fingerprint density at radius 2 is 2.33 bits per heavy atom. The van der Waals surface area contributed by atoms with Crippen molar-refractivity contribution < 1.29 is 13.9 Å². The molecule has 0 bridgehead atoms. The van der Waals surface area contributed by atoms with Crippen molar-refractivity contribution in [2.75, 3.05) is 6.61 Å². The zero-order valence-electron chi connectivity index (χ0n) is 6.01. The molecule has 1 rings (SSSR count). The van der Waals surface area contributed by atoms with Gasteiger partial charge in [0, 0.05) is 5.02 Å². The largest absolute Gasteiger partial charge is 0.482 e. The van der Waals surface area contributed by atoms with Crippen LogP contribution in [0.5, 0.6) is 5.75 Å². The van der Waals surface area contributed by atoms with Crippen LogP contribution >= 0.6 is 11.6 Å². The summed E-state index contributed by atoms with van der Waals surface area (Å²) in [6.45, 7) is -0.279. The van der Waals surface area contributed by atoms with Crippen molar-refractivity contribution in [3.05, 3.63) is 29.0 Å². The summed E-state index contributed by atoms with van der Waals surface area (Å²) >= 11 is 5.48. The van der Waals surface area contributed by atoms with Gasteiger partial charge in [-0.3, -0.25) is 4.79 Å². The average Bonchev–Trinajstić information content (AvgIpc) is 2.03. The molecule has 0 amide bonds. The van der Waals surface area contributed by atoms with Crippen LogP contribution in [0.1, 0.15) is 0 Å². The SMILES string of the molecule is O=[C]COc1ccc(Cl)cc1F. The maximum absolute atomic E-state index is 12.8. The molecule has 2 nitrogen and oxygen atoms in total. The molecule has 0 saturated heterocycles. The number of rotatable bonds is 3. The summed E-state index contributed by atoms with van der Waals surface area (Å²) in [5.74, 6) is -0.583. The molecule has 63 valence electrons. The Kier molecular flexibility index (Phi) is 3.05. The molecule has 0 N–H and O–H groups in total. The van der Waals surface area contributed by atoms with Crippen LogP contribution in [0.15, 0.2) is 18.2 Å². The molecule has 0 saturated carbocycles. The van der Waals surface area contributed by atoms with Crippen LogP contribution in [0.4, 0.5) is 4.39 Å². The second kappa shape index (κ2) is 4.07. The number of hydrogen-bond donors (Lipinski definition) is 0. The van der Waals surface area contributed by atoms with E-state index in [1.165, 1.54) is 18.4 Å². The molecule has 0 spiro atoms. The van der Waals surface area contributed by atoms with Gasteiger partial charge in [-0.2, -0.15) is 0 Å². The van der Waals surface area contributed by atoms with E-state index in [1.807, 2.05) is 0 Å². The number of hydrogen-bond acceptors (Lipinski definition) is 2. The first-order valence-electron chi connectivity index (χ1n) is 3.17. The molecular formula is C8H5ClFO2. The lowest BCUT2D eigenvalue weighted by Crippen LogP contribution is -1.99. The van der Waals surface area contributed by atoms with E-state index in [-0.39, 0.29) is 17.4 Å². The summed E-state index contributed by atoms with van der Waals surface area (Å²) < 4.78 is 17.5. The third kappa shape index (κ3) is 2.20. The Morgan fingerprint density at radius 3 is 2.92 bits per heavy atom. The van der Waals surface area contributed by atoms with Gasteiger partial charge in [0.1, 0.15) is 0 Å². The summed E-state index contributed by atoms with van der Waals surface area (Å²) in [5, 5.41) is 0.287. The summed E-state index contributed by atoms with van der Waals surface area (Å²) in [4.78, 5) is 9.76. The summed E-state index contributed by atoms with van der Waals surface area (Å²) in [6, 6.07) is 3.95. The second-order valence-electron chi connectivity index (χ2n) is 2.01. The van der Waals surface area contributed by atoms with E-state index in [0.717, 1.165) is 6.07 Å². The van der Waals surface area contributed by atoms with Crippen molar-refractivity contribution in [2.45, 2.75) is 0 Å². The second-order valence-corrected chi connectivity index (χ2v) is 2.44. The third-order valence-corrected chi connectivity index (χ3v) is 1.42. The molecule has 1 radical (unpaired) electrons. The van der Waals surface area contributed by atoms with E-state index in [9.17, 15) is 9.18 Å². The number of benzene rings is 1. The minimum absolute atomic E-state index is 0.00255. The molecule has 1 aromatic carbocycles. The van der Waals surface area contributed by atoms with Gasteiger partial charge in [-0.05, 0) is 18.2 Å². The van der Waals surface area contributed by atoms with Gasteiger partial charge >= 0.3 is 0 Å². The maximum Gasteiger partial charge on any atom is 0.239 e. The van der Waals surface area contributed by atoms with Crippen molar-refractivity contribution in [3.8, 4) is 5.75 Å². The molecule has 0 aliphatic heterocycles. The molecule has 0 heterocycles. The number of halogens is 2. The topological polar surface area (TPSA) is 26.3 Å². The molecule has 12 heavy (non-hydrogen) atoms. The Bertz CT molecular complexity index is 288. The predicted molar refractivity (Wildman–Crippen MR) is 42.6 cm³/mol. The van der Waals surface area contributed by atoms with Crippen molar-refractivity contribution in [2.24, 2.45) is 0 Å². The van der Waals surface area contributed by atoms with Gasteiger partial charge in [-0.15, -0.1) is 0 Å². The highest BCUT2D eigenvalue weighted by atomic mass is 35.5. The Labute approximate surface area is 73.9 Å². The fraction of sp³-hybridized carbons (Fsp3) is 0.125. The van der Waals surface area contributed by atoms with Crippen LogP contribution in [-0.4, -0.2) is 12.9 Å². The lowest BCUT2D eigenvalue weighted by molar-refractivity contribution is 0.345. The smallest absolute Gasteiger partial charge is 0.239 e. The van der Waals surface area contributed by atoms with Crippen LogP contribution in [-0.2, 0) is 4.79 Å². The normalized spacial score (nSPS) is 9.50. The zero-order valence-corrected chi connectivity index (χ0v) is 6.77. The van der Waals surface area contributed by atoms with Crippen LogP contribution in [0.3, 0.4) is 0 Å². The first-order valence-corrected chi connectivity index (χ1v) is 3.54. The highest BCUT2D eigenvalue weighted by Gasteiger charge is 2.02. The van der Waals surface area contributed by atoms with Gasteiger partial charge in [0.25, 0.3) is 0 Å². The van der Waals surface area contributed by atoms with E-state index in [4.69, 9.17) is 11.6 Å². The Hall–Kier alpha value is -1.09. The lowest BCUT2D eigenvalue weighted by Gasteiger charge is -2.02. The number of ether oxygens (including phenoxy) is 1. The molecule has 4 heteroatoms. The fourth-order valence-corrected chi connectivity index (χ4v) is 0.858. The van der Waals surface area contributed by atoms with Gasteiger partial charge in [0.05, 0.1) is 0 Å². The molecule has 0 aliphatic carbocycles. The average molecular weight is 188 g/mol. The first kappa shape index (κ1) is 9.00. The minimum Gasteiger partial charge on any atom is -0.482 e. The maximum atomic E-state index is 12.8. The number of carbonyl (C=O) groups excluding carboxylic acids is 1. The quantitative estimate of drug-likeness (QED) is 0.723. The van der Waals surface area contributed by atoms with Gasteiger partial charge in [-0.25, -0.2) is 4.39 Å². The Balaban J connectivity index is 2.78. The van der Waals surface area contributed by atoms with Gasteiger partial charge in [0.2, 0.25) is 6.29 Å². The van der Waals surface area contributed by atoms with Crippen LogP contribution in [0, 0.1) is 5.82 Å². The summed E-state index contributed by atoms with van der Waals surface area (Å²) in [6.07, 6.45) is 1.49. The van der Waals surface area contributed by atoms with Gasteiger partial charge in [-0.1, -0.05) is 11.6 Å². The molecule has 0 fully saturated rings. The fourth-order valence-electron chi connectivity index (χ4n) is 0.699. The van der Waals surface area contributed by atoms with E-state index in [0.29, 0.717) is 0 Å². The highest BCUT2D eigenvalue weighted by molar-refractivity contribution is 6.30. The Morgan fingerprint density at radius 1 is 1.58 bits per heavy atom. The third-order valence-electron chi connectivity index (χ3n) is 1.18. The van der Waals surface area contributed by atoms with E-state index >= 15 is 0 Å². The predicted octanol–water partition coefficient (Wildman–Crippen LogP) is 1.97. The minimum atomic E-state index is -0.585. The molecule has 0 atom stereocenters. The molecule has 0 unspecified atom stereocenters. The monoisotopic (exact) mass is 187 g/mol. The van der Waals surface area contributed by atoms with Crippen molar-refractivity contribution in [1.29, 1.82) is 0 Å². The van der Waals surface area contributed by atoms with Crippen LogP contribution in [0.25, 0.3) is 0 Å². The first-order chi connectivity index (χ1) is 5.74. The standard InChI is InChI=1S/C8H5ClFO2/c9-6-1-2-8(7(10)5-6)12-4-3-11/h1-2,5H,4H2. The highest BCUT2D eigenvalue weighted by Crippen LogP contribution is 2.20. The van der Waals surface area contributed by atoms with Crippen LogP contribution in [0.2, 0.25) is 5.02 Å². The van der Waals surface area contributed by atoms with Gasteiger partial charge in [0.15, 0.2) is 18.2 Å². The van der Waals surface area contributed by atoms with Crippen molar-refractivity contribution in [3.63, 3.8) is 0 Å². The summed E-state index contributed by atoms with van der Waals surface area (Å²) in [7, 11) is 0. The molecule has 0 aromatic heterocycles. The van der Waals surface area contributed by atoms with E-state index < -0.39 is 5.82 Å². The summed E-state index contributed by atoms with van der Waals surface area (Å²) in [5.41, 5.74) is 0. The molecule has 0 aliphatic rings. The van der Waals surface area contributed by atoms with Gasteiger partial charge < -0.3 is 4.74 Å². The zero-order chi connectivity index (χ0) is 8.97. The van der Waals surface area contributed by atoms with Crippen LogP contribution < -0.4 is 4.74 Å². The lowest BCUT2D eigenvalue weighted by atomic mass is 10.3. The molecular weight excluding hydrogens is 183 g/mol.